The van der Waals surface area contributed by atoms with Gasteiger partial charge in [0.1, 0.15) is 0 Å². The predicted octanol–water partition coefficient (Wildman–Crippen LogP) is 1.97. The largest absolute Gasteiger partial charge is 0.369 e. The highest BCUT2D eigenvalue weighted by Gasteiger charge is 2.24. The Bertz CT molecular complexity index is 450. The van der Waals surface area contributed by atoms with Crippen LogP contribution in [0.5, 0.6) is 0 Å². The number of benzene rings is 1. The zero-order valence-corrected chi connectivity index (χ0v) is 12.1. The molecule has 0 spiro atoms. The molecule has 98 valence electrons. The van der Waals surface area contributed by atoms with E-state index < -0.39 is 0 Å². The maximum atomic E-state index is 12.0. The van der Waals surface area contributed by atoms with E-state index in [1.807, 2.05) is 19.2 Å². The molecule has 0 atom stereocenters. The van der Waals surface area contributed by atoms with Crippen molar-refractivity contribution in [2.24, 2.45) is 5.73 Å². The van der Waals surface area contributed by atoms with Gasteiger partial charge < -0.3 is 15.5 Å². The first-order valence-electron chi connectivity index (χ1n) is 6.15. The van der Waals surface area contributed by atoms with E-state index in [9.17, 15) is 4.79 Å². The molecule has 0 saturated heterocycles. The number of carbonyl (C=O) groups excluding carboxylic acids is 1. The van der Waals surface area contributed by atoms with Crippen LogP contribution >= 0.6 is 15.9 Å². The molecule has 0 aromatic heterocycles. The Morgan fingerprint density at radius 2 is 2.22 bits per heavy atom. The number of rotatable bonds is 3. The van der Waals surface area contributed by atoms with Crippen LogP contribution in [0.1, 0.15) is 12.8 Å². The molecule has 2 N–H and O–H groups in total. The summed E-state index contributed by atoms with van der Waals surface area (Å²) in [6, 6.07) is 6.03. The number of hydrogen-bond acceptors (Lipinski definition) is 3. The zero-order valence-electron chi connectivity index (χ0n) is 10.5. The van der Waals surface area contributed by atoms with Crippen molar-refractivity contribution in [3.05, 3.63) is 22.7 Å². The van der Waals surface area contributed by atoms with Crippen LogP contribution in [-0.2, 0) is 4.79 Å². The maximum Gasteiger partial charge on any atom is 0.228 e. The molecule has 0 saturated carbocycles. The molecule has 0 aliphatic carbocycles. The lowest BCUT2D eigenvalue weighted by atomic mass is 10.2. The summed E-state index contributed by atoms with van der Waals surface area (Å²) >= 11 is 3.54. The normalized spacial score (nSPS) is 15.6. The van der Waals surface area contributed by atoms with Crippen molar-refractivity contribution in [3.8, 4) is 0 Å². The number of nitrogens with zero attached hydrogens (tertiary/aromatic N) is 2. The van der Waals surface area contributed by atoms with Crippen molar-refractivity contribution < 1.29 is 4.79 Å². The summed E-state index contributed by atoms with van der Waals surface area (Å²) < 4.78 is 0.954. The summed E-state index contributed by atoms with van der Waals surface area (Å²) in [5.74, 6) is 0.151. The van der Waals surface area contributed by atoms with Crippen LogP contribution in [0.15, 0.2) is 22.7 Å². The van der Waals surface area contributed by atoms with Crippen molar-refractivity contribution in [2.75, 3.05) is 36.5 Å². The first-order valence-corrected chi connectivity index (χ1v) is 6.94. The maximum absolute atomic E-state index is 12.0. The number of para-hydroxylation sites is 1. The molecule has 0 radical (unpaired) electrons. The Balaban J connectivity index is 2.41. The van der Waals surface area contributed by atoms with E-state index in [0.29, 0.717) is 13.0 Å². The molecule has 4 nitrogen and oxygen atoms in total. The summed E-state index contributed by atoms with van der Waals surface area (Å²) in [4.78, 5) is 16.0. The molecule has 1 aromatic carbocycles. The van der Waals surface area contributed by atoms with Gasteiger partial charge in [0.2, 0.25) is 5.91 Å². The first kappa shape index (κ1) is 13.4. The van der Waals surface area contributed by atoms with Gasteiger partial charge in [-0.15, -0.1) is 0 Å². The fourth-order valence-corrected chi connectivity index (χ4v) is 2.87. The van der Waals surface area contributed by atoms with Crippen LogP contribution in [0.25, 0.3) is 0 Å². The molecule has 18 heavy (non-hydrogen) atoms. The van der Waals surface area contributed by atoms with E-state index in [1.165, 1.54) is 0 Å². The van der Waals surface area contributed by atoms with E-state index in [4.69, 9.17) is 5.73 Å². The first-order chi connectivity index (χ1) is 8.65. The van der Waals surface area contributed by atoms with Gasteiger partial charge in [-0.1, -0.05) is 6.07 Å². The van der Waals surface area contributed by atoms with Crippen LogP contribution < -0.4 is 15.5 Å². The number of hydrogen-bond donors (Lipinski definition) is 1. The van der Waals surface area contributed by atoms with Crippen molar-refractivity contribution in [3.63, 3.8) is 0 Å². The van der Waals surface area contributed by atoms with E-state index in [2.05, 4.69) is 26.9 Å². The lowest BCUT2D eigenvalue weighted by Crippen LogP contribution is -2.27. The fraction of sp³-hybridized carbons (Fsp3) is 0.462. The monoisotopic (exact) mass is 311 g/mol. The van der Waals surface area contributed by atoms with Crippen LogP contribution in [0, 0.1) is 0 Å². The zero-order chi connectivity index (χ0) is 13.1. The Morgan fingerprint density at radius 3 is 2.94 bits per heavy atom. The third-order valence-electron chi connectivity index (χ3n) is 3.24. The van der Waals surface area contributed by atoms with Gasteiger partial charge in [-0.05, 0) is 41.0 Å². The lowest BCUT2D eigenvalue weighted by molar-refractivity contribution is -0.118. The molecule has 1 heterocycles. The van der Waals surface area contributed by atoms with Gasteiger partial charge in [-0.25, -0.2) is 0 Å². The second kappa shape index (κ2) is 5.71. The molecule has 0 bridgehead atoms. The standard InChI is InChI=1S/C13H18BrN3O/c1-16-12(18)6-9-17(8-3-7-15)11-5-2-4-10(14)13(11)16/h2,4-5H,3,6-9,15H2,1H3. The Hall–Kier alpha value is -1.07. The molecule has 0 unspecified atom stereocenters. The van der Waals surface area contributed by atoms with Crippen molar-refractivity contribution in [1.29, 1.82) is 0 Å². The average molecular weight is 312 g/mol. The molecular formula is C13H18BrN3O. The third kappa shape index (κ3) is 2.52. The number of halogens is 1. The molecule has 1 aliphatic rings. The highest BCUT2D eigenvalue weighted by Crippen LogP contribution is 2.38. The van der Waals surface area contributed by atoms with Crippen LogP contribution in [-0.4, -0.2) is 32.6 Å². The van der Waals surface area contributed by atoms with Crippen molar-refractivity contribution in [1.82, 2.24) is 0 Å². The van der Waals surface area contributed by atoms with Crippen molar-refractivity contribution >= 4 is 33.2 Å². The molecule has 1 amide bonds. The molecule has 2 rings (SSSR count). The van der Waals surface area contributed by atoms with E-state index in [1.54, 1.807) is 4.90 Å². The quantitative estimate of drug-likeness (QED) is 0.928. The molecular weight excluding hydrogens is 294 g/mol. The summed E-state index contributed by atoms with van der Waals surface area (Å²) in [5, 5.41) is 0. The van der Waals surface area contributed by atoms with E-state index in [-0.39, 0.29) is 5.91 Å². The van der Waals surface area contributed by atoms with Crippen LogP contribution in [0.2, 0.25) is 0 Å². The van der Waals surface area contributed by atoms with Gasteiger partial charge in [0.05, 0.1) is 11.4 Å². The minimum absolute atomic E-state index is 0.151. The fourth-order valence-electron chi connectivity index (χ4n) is 2.25. The Morgan fingerprint density at radius 1 is 1.44 bits per heavy atom. The Kier molecular flexibility index (Phi) is 4.24. The number of carbonyl (C=O) groups is 1. The molecule has 1 aliphatic heterocycles. The van der Waals surface area contributed by atoms with Gasteiger partial charge in [-0.3, -0.25) is 4.79 Å². The minimum Gasteiger partial charge on any atom is -0.369 e. The number of amides is 1. The Labute approximate surface area is 116 Å². The highest BCUT2D eigenvalue weighted by molar-refractivity contribution is 9.10. The number of anilines is 2. The summed E-state index contributed by atoms with van der Waals surface area (Å²) in [6.45, 7) is 2.32. The van der Waals surface area contributed by atoms with Gasteiger partial charge in [-0.2, -0.15) is 0 Å². The SMILES string of the molecule is CN1C(=O)CCN(CCCN)c2cccc(Br)c21. The van der Waals surface area contributed by atoms with Crippen LogP contribution in [0.4, 0.5) is 11.4 Å². The second-order valence-electron chi connectivity index (χ2n) is 4.44. The summed E-state index contributed by atoms with van der Waals surface area (Å²) in [5.41, 5.74) is 7.63. The summed E-state index contributed by atoms with van der Waals surface area (Å²) in [6.07, 6.45) is 1.48. The van der Waals surface area contributed by atoms with Gasteiger partial charge in [0.15, 0.2) is 0 Å². The van der Waals surface area contributed by atoms with Gasteiger partial charge >= 0.3 is 0 Å². The smallest absolute Gasteiger partial charge is 0.228 e. The lowest BCUT2D eigenvalue weighted by Gasteiger charge is -2.26. The number of fused-ring (bicyclic) bond motifs is 1. The molecule has 1 aromatic rings. The van der Waals surface area contributed by atoms with Gasteiger partial charge in [0.25, 0.3) is 0 Å². The van der Waals surface area contributed by atoms with Crippen LogP contribution in [0.3, 0.4) is 0 Å². The van der Waals surface area contributed by atoms with Gasteiger partial charge in [0, 0.05) is 31.0 Å². The molecule has 5 heteroatoms. The molecule has 0 fully saturated rings. The summed E-state index contributed by atoms with van der Waals surface area (Å²) in [7, 11) is 1.83. The van der Waals surface area contributed by atoms with E-state index >= 15 is 0 Å². The van der Waals surface area contributed by atoms with E-state index in [0.717, 1.165) is 35.4 Å². The highest BCUT2D eigenvalue weighted by atomic mass is 79.9. The van der Waals surface area contributed by atoms with Crippen molar-refractivity contribution in [2.45, 2.75) is 12.8 Å². The second-order valence-corrected chi connectivity index (χ2v) is 5.29. The predicted molar refractivity (Wildman–Crippen MR) is 78.1 cm³/mol. The third-order valence-corrected chi connectivity index (χ3v) is 3.88. The minimum atomic E-state index is 0.151. The average Bonchev–Trinajstić information content (AvgIpc) is 2.48. The topological polar surface area (TPSA) is 49.6 Å². The number of nitrogens with two attached hydrogens (primary N) is 1.